The van der Waals surface area contributed by atoms with Crippen LogP contribution in [-0.4, -0.2) is 95.8 Å². The van der Waals surface area contributed by atoms with E-state index in [0.717, 1.165) is 49.3 Å². The molecule has 2 atom stereocenters. The molecule has 5 N–H and O–H groups in total. The van der Waals surface area contributed by atoms with Gasteiger partial charge in [0.05, 0.1) is 18.8 Å². The molecule has 0 aliphatic carbocycles. The number of thiazole rings is 1. The van der Waals surface area contributed by atoms with Crippen LogP contribution in [0.5, 0.6) is 0 Å². The Bertz CT molecular complexity index is 2140. The van der Waals surface area contributed by atoms with E-state index in [9.17, 15) is 19.5 Å². The highest BCUT2D eigenvalue weighted by atomic mass is 35.5. The van der Waals surface area contributed by atoms with Crippen LogP contribution in [0.15, 0.2) is 59.3 Å². The molecular formula is C32H33ClFN10O5S2+. The summed E-state index contributed by atoms with van der Waals surface area (Å²) in [5.41, 5.74) is 7.57. The second kappa shape index (κ2) is 14.0. The number of aliphatic carboxylic acids is 1. The Labute approximate surface area is 303 Å². The minimum Gasteiger partial charge on any atom is -0.477 e. The number of β-lactam (4-membered cyclic amide) rings is 1. The van der Waals surface area contributed by atoms with Gasteiger partial charge in [-0.05, 0) is 30.9 Å². The Kier molecular flexibility index (Phi) is 9.47. The summed E-state index contributed by atoms with van der Waals surface area (Å²) in [4.78, 5) is 51.1. The SMILES string of the molecule is CO/N=C(\C(=O)N[C@@H]1C(=O)N2C(C(=O)O)=C(Cn3ccc4n3cc[n+]4Cc3ccc(C(=N)N4CCCCC4)cc3F)CS[C@H]12)c1nc(N)sc1Cl. The van der Waals surface area contributed by atoms with Crippen molar-refractivity contribution in [3.8, 4) is 0 Å². The lowest BCUT2D eigenvalue weighted by molar-refractivity contribution is -0.662. The predicted molar refractivity (Wildman–Crippen MR) is 188 cm³/mol. The van der Waals surface area contributed by atoms with Crippen LogP contribution < -0.4 is 15.6 Å². The van der Waals surface area contributed by atoms with Gasteiger partial charge in [0.1, 0.15) is 58.6 Å². The smallest absolute Gasteiger partial charge is 0.352 e. The van der Waals surface area contributed by atoms with Gasteiger partial charge in [-0.2, -0.15) is 0 Å². The number of hydrogen-bond acceptors (Lipinski definition) is 10. The quantitative estimate of drug-likeness (QED) is 0.0620. The van der Waals surface area contributed by atoms with Crippen LogP contribution in [0.4, 0.5) is 9.52 Å². The fraction of sp³-hybridized carbons (Fsp3) is 0.344. The van der Waals surface area contributed by atoms with Gasteiger partial charge in [-0.15, -0.1) is 16.3 Å². The Morgan fingerprint density at radius 2 is 2.04 bits per heavy atom. The fourth-order valence-electron chi connectivity index (χ4n) is 6.57. The summed E-state index contributed by atoms with van der Waals surface area (Å²) >= 11 is 8.44. The van der Waals surface area contributed by atoms with E-state index in [-0.39, 0.29) is 45.4 Å². The standard InChI is InChI=1S/C32H32ClFN10O5S2/c1-49-39-23(22-26(33)51-32(36)38-22)28(45)37-24-29(46)44-25(31(47)48)19(16-50-30(24)44)15-42-10-7-21-41(11-12-43(21)42)14-18-6-5-17(13-20(18)34)27(35)40-8-3-2-4-9-40/h5-7,10-13,24,30,35H,2-4,8-9,14-16H2,1H3,(H3-,36,37,38,45,47,48)/p+1/b35-27?,39-23-/t24-,30-/m1/s1. The second-order valence-electron chi connectivity index (χ2n) is 12.2. The summed E-state index contributed by atoms with van der Waals surface area (Å²) in [6.07, 6.45) is 8.62. The van der Waals surface area contributed by atoms with Crippen molar-refractivity contribution in [3.05, 3.63) is 81.1 Å². The van der Waals surface area contributed by atoms with E-state index in [2.05, 4.69) is 15.5 Å². The molecule has 2 amide bonds. The van der Waals surface area contributed by atoms with Gasteiger partial charge in [0.25, 0.3) is 11.8 Å². The molecule has 51 heavy (non-hydrogen) atoms. The molecular weight excluding hydrogens is 723 g/mol. The van der Waals surface area contributed by atoms with Gasteiger partial charge in [0, 0.05) is 30.0 Å². The van der Waals surface area contributed by atoms with Gasteiger partial charge in [-0.1, -0.05) is 40.2 Å². The summed E-state index contributed by atoms with van der Waals surface area (Å²) in [5.74, 6) is -2.41. The molecule has 0 radical (unpaired) electrons. The zero-order chi connectivity index (χ0) is 36.0. The number of rotatable bonds is 10. The summed E-state index contributed by atoms with van der Waals surface area (Å²) in [6, 6.07) is 5.74. The van der Waals surface area contributed by atoms with E-state index in [1.807, 2.05) is 30.9 Å². The monoisotopic (exact) mass is 755 g/mol. The van der Waals surface area contributed by atoms with Crippen LogP contribution in [0.25, 0.3) is 5.65 Å². The van der Waals surface area contributed by atoms with Crippen molar-refractivity contribution < 1.29 is 33.3 Å². The minimum atomic E-state index is -1.27. The van der Waals surface area contributed by atoms with E-state index < -0.39 is 35.0 Å². The number of anilines is 1. The molecule has 2 saturated heterocycles. The molecule has 1 aromatic carbocycles. The molecule has 3 aliphatic rings. The lowest BCUT2D eigenvalue weighted by Gasteiger charge is -2.49. The van der Waals surface area contributed by atoms with Crippen molar-refractivity contribution in [2.24, 2.45) is 5.16 Å². The number of nitrogens with zero attached hydrogens (tertiary/aromatic N) is 7. The molecule has 3 aliphatic heterocycles. The molecule has 3 aromatic heterocycles. The van der Waals surface area contributed by atoms with Crippen LogP contribution in [0.1, 0.15) is 36.1 Å². The maximum absolute atomic E-state index is 15.3. The van der Waals surface area contributed by atoms with Crippen molar-refractivity contribution in [2.45, 2.75) is 43.8 Å². The number of halogens is 2. The number of piperidine rings is 1. The summed E-state index contributed by atoms with van der Waals surface area (Å²) in [7, 11) is 1.24. The number of thioether (sulfide) groups is 1. The third-order valence-electron chi connectivity index (χ3n) is 9.04. The topological polar surface area (TPSA) is 188 Å². The van der Waals surface area contributed by atoms with Crippen LogP contribution >= 0.6 is 34.7 Å². The van der Waals surface area contributed by atoms with Crippen LogP contribution in [0, 0.1) is 11.2 Å². The zero-order valence-corrected chi connectivity index (χ0v) is 29.6. The first-order valence-electron chi connectivity index (χ1n) is 16.0. The summed E-state index contributed by atoms with van der Waals surface area (Å²) in [6.45, 7) is 2.03. The highest BCUT2D eigenvalue weighted by Gasteiger charge is 2.54. The van der Waals surface area contributed by atoms with E-state index >= 15 is 4.39 Å². The lowest BCUT2D eigenvalue weighted by Crippen LogP contribution is -2.71. The van der Waals surface area contributed by atoms with Crippen molar-refractivity contribution in [2.75, 3.05) is 31.7 Å². The van der Waals surface area contributed by atoms with Gasteiger partial charge >= 0.3 is 11.6 Å². The number of nitrogens with one attached hydrogen (secondary N) is 2. The first-order valence-corrected chi connectivity index (χ1v) is 18.2. The van der Waals surface area contributed by atoms with Gasteiger partial charge in [0.2, 0.25) is 0 Å². The number of carbonyl (C=O) groups excluding carboxylic acids is 2. The number of hydrogen-bond donors (Lipinski definition) is 4. The van der Waals surface area contributed by atoms with Crippen LogP contribution in [0.3, 0.4) is 0 Å². The van der Waals surface area contributed by atoms with Crippen molar-refractivity contribution in [1.82, 2.24) is 29.3 Å². The maximum Gasteiger partial charge on any atom is 0.352 e. The zero-order valence-electron chi connectivity index (χ0n) is 27.2. The molecule has 15 nitrogen and oxygen atoms in total. The van der Waals surface area contributed by atoms with Crippen molar-refractivity contribution in [1.29, 1.82) is 5.41 Å². The number of carboxylic acid groups (broad SMARTS) is 1. The molecule has 0 spiro atoms. The van der Waals surface area contributed by atoms with E-state index in [4.69, 9.17) is 27.6 Å². The molecule has 266 valence electrons. The first-order chi connectivity index (χ1) is 24.5. The maximum atomic E-state index is 15.3. The van der Waals surface area contributed by atoms with Crippen LogP contribution in [0.2, 0.25) is 4.34 Å². The highest BCUT2D eigenvalue weighted by Crippen LogP contribution is 2.41. The van der Waals surface area contributed by atoms with Gasteiger partial charge in [-0.3, -0.25) is 19.9 Å². The molecule has 0 saturated carbocycles. The number of aromatic nitrogens is 4. The number of likely N-dealkylation sites (tertiary alicyclic amines) is 1. The van der Waals surface area contributed by atoms with Gasteiger partial charge in [0.15, 0.2) is 17.0 Å². The number of amidine groups is 1. The average Bonchev–Trinajstić information content (AvgIpc) is 3.81. The summed E-state index contributed by atoms with van der Waals surface area (Å²) in [5, 5.41) is 24.6. The molecule has 0 unspecified atom stereocenters. The second-order valence-corrected chi connectivity index (χ2v) is 14.9. The Balaban J connectivity index is 1.06. The number of fused-ring (bicyclic) bond motifs is 2. The molecule has 7 rings (SSSR count). The number of carbonyl (C=O) groups is 3. The van der Waals surface area contributed by atoms with Crippen molar-refractivity contribution >= 4 is 74.8 Å². The molecule has 6 heterocycles. The number of benzene rings is 1. The number of carboxylic acids is 1. The number of oxime groups is 1. The Hall–Kier alpha value is -4.94. The number of imidazole rings is 1. The molecule has 2 fully saturated rings. The van der Waals surface area contributed by atoms with Gasteiger partial charge in [-0.25, -0.2) is 23.4 Å². The highest BCUT2D eigenvalue weighted by molar-refractivity contribution is 8.00. The number of nitrogens with two attached hydrogens (primary N) is 1. The first kappa shape index (κ1) is 34.5. The fourth-order valence-corrected chi connectivity index (χ4v) is 8.83. The van der Waals surface area contributed by atoms with Crippen molar-refractivity contribution in [3.63, 3.8) is 0 Å². The lowest BCUT2D eigenvalue weighted by atomic mass is 10.0. The Morgan fingerprint density at radius 3 is 2.73 bits per heavy atom. The molecule has 4 aromatic rings. The Morgan fingerprint density at radius 1 is 1.25 bits per heavy atom. The molecule has 19 heteroatoms. The van der Waals surface area contributed by atoms with E-state index in [1.165, 1.54) is 29.8 Å². The number of amides is 2. The summed E-state index contributed by atoms with van der Waals surface area (Å²) < 4.78 is 20.9. The number of nitrogen functional groups attached to an aromatic ring is 1. The molecule has 0 bridgehead atoms. The van der Waals surface area contributed by atoms with Gasteiger partial charge < -0.3 is 25.9 Å². The third-order valence-corrected chi connectivity index (χ3v) is 11.5. The average molecular weight is 756 g/mol. The largest absolute Gasteiger partial charge is 0.477 e. The predicted octanol–water partition coefficient (Wildman–Crippen LogP) is 2.51. The minimum absolute atomic E-state index is 0.00359. The van der Waals surface area contributed by atoms with E-state index in [0.29, 0.717) is 22.5 Å². The third kappa shape index (κ3) is 6.42. The van der Waals surface area contributed by atoms with Crippen LogP contribution in [-0.2, 0) is 32.3 Å². The normalized spacial score (nSPS) is 19.3. The van der Waals surface area contributed by atoms with E-state index in [1.54, 1.807) is 24.5 Å².